The maximum atomic E-state index is 12.2. The second-order valence-corrected chi connectivity index (χ2v) is 7.47. The van der Waals surface area contributed by atoms with Crippen molar-refractivity contribution >= 4 is 21.6 Å². The van der Waals surface area contributed by atoms with Crippen molar-refractivity contribution in [2.45, 2.75) is 6.92 Å². The van der Waals surface area contributed by atoms with E-state index in [9.17, 15) is 13.2 Å². The molecule has 0 aromatic heterocycles. The fourth-order valence-corrected chi connectivity index (χ4v) is 3.31. The molecule has 0 aliphatic carbocycles. The SMILES string of the molecule is Cc1ccccc1C(=O)NCCN(c1ccc(C#N)cc1)S(C)(=O)=O. The molecule has 0 spiro atoms. The van der Waals surface area contributed by atoms with E-state index in [0.717, 1.165) is 11.8 Å². The molecule has 0 bridgehead atoms. The first kappa shape index (κ1) is 18.5. The molecule has 7 heteroatoms. The van der Waals surface area contributed by atoms with Crippen molar-refractivity contribution in [2.24, 2.45) is 0 Å². The molecule has 0 radical (unpaired) electrons. The average molecular weight is 357 g/mol. The molecule has 1 amide bonds. The van der Waals surface area contributed by atoms with Crippen LogP contribution in [0.1, 0.15) is 21.5 Å². The largest absolute Gasteiger partial charge is 0.350 e. The Morgan fingerprint density at radius 2 is 1.80 bits per heavy atom. The third kappa shape index (κ3) is 4.81. The van der Waals surface area contributed by atoms with Gasteiger partial charge in [0.1, 0.15) is 0 Å². The maximum Gasteiger partial charge on any atom is 0.251 e. The summed E-state index contributed by atoms with van der Waals surface area (Å²) in [5.41, 5.74) is 2.32. The van der Waals surface area contributed by atoms with Gasteiger partial charge in [-0.05, 0) is 42.8 Å². The number of nitrogens with zero attached hydrogens (tertiary/aromatic N) is 2. The normalized spacial score (nSPS) is 10.8. The topological polar surface area (TPSA) is 90.3 Å². The summed E-state index contributed by atoms with van der Waals surface area (Å²) in [4.78, 5) is 12.2. The van der Waals surface area contributed by atoms with E-state index in [1.807, 2.05) is 25.1 Å². The number of nitriles is 1. The zero-order chi connectivity index (χ0) is 18.4. The van der Waals surface area contributed by atoms with Gasteiger partial charge in [-0.15, -0.1) is 0 Å². The fraction of sp³-hybridized carbons (Fsp3) is 0.222. The first-order valence-electron chi connectivity index (χ1n) is 7.64. The van der Waals surface area contributed by atoms with E-state index in [1.54, 1.807) is 36.4 Å². The zero-order valence-electron chi connectivity index (χ0n) is 14.1. The van der Waals surface area contributed by atoms with Crippen LogP contribution < -0.4 is 9.62 Å². The number of nitrogens with one attached hydrogen (secondary N) is 1. The monoisotopic (exact) mass is 357 g/mol. The van der Waals surface area contributed by atoms with Gasteiger partial charge in [-0.2, -0.15) is 5.26 Å². The molecule has 2 aromatic carbocycles. The van der Waals surface area contributed by atoms with E-state index in [4.69, 9.17) is 5.26 Å². The predicted molar refractivity (Wildman–Crippen MR) is 96.9 cm³/mol. The van der Waals surface area contributed by atoms with Crippen LogP contribution in [0.3, 0.4) is 0 Å². The second kappa shape index (κ2) is 7.81. The van der Waals surface area contributed by atoms with Crippen LogP contribution in [0, 0.1) is 18.3 Å². The van der Waals surface area contributed by atoms with Crippen LogP contribution >= 0.6 is 0 Å². The molecule has 2 rings (SSSR count). The summed E-state index contributed by atoms with van der Waals surface area (Å²) < 4.78 is 25.3. The summed E-state index contributed by atoms with van der Waals surface area (Å²) in [5.74, 6) is -0.244. The molecule has 6 nitrogen and oxygen atoms in total. The van der Waals surface area contributed by atoms with Crippen LogP contribution in [0.4, 0.5) is 5.69 Å². The molecular weight excluding hydrogens is 338 g/mol. The number of carbonyl (C=O) groups excluding carboxylic acids is 1. The molecular formula is C18H19N3O3S. The minimum absolute atomic E-state index is 0.0996. The Balaban J connectivity index is 2.07. The van der Waals surface area contributed by atoms with Gasteiger partial charge in [-0.1, -0.05) is 18.2 Å². The Labute approximate surface area is 147 Å². The lowest BCUT2D eigenvalue weighted by Crippen LogP contribution is -2.38. The summed E-state index contributed by atoms with van der Waals surface area (Å²) in [6.45, 7) is 2.11. The number of benzene rings is 2. The molecule has 0 fully saturated rings. The predicted octanol–water partition coefficient (Wildman–Crippen LogP) is 2.06. The highest BCUT2D eigenvalue weighted by Gasteiger charge is 2.17. The highest BCUT2D eigenvalue weighted by molar-refractivity contribution is 7.92. The van der Waals surface area contributed by atoms with Gasteiger partial charge in [0.2, 0.25) is 10.0 Å². The van der Waals surface area contributed by atoms with Crippen molar-refractivity contribution in [3.63, 3.8) is 0 Å². The van der Waals surface area contributed by atoms with Gasteiger partial charge in [0.15, 0.2) is 0 Å². The van der Waals surface area contributed by atoms with Crippen LogP contribution in [0.5, 0.6) is 0 Å². The minimum atomic E-state index is -3.51. The second-order valence-electron chi connectivity index (χ2n) is 5.56. The van der Waals surface area contributed by atoms with Gasteiger partial charge in [-0.25, -0.2) is 8.42 Å². The van der Waals surface area contributed by atoms with Crippen LogP contribution in [0.15, 0.2) is 48.5 Å². The third-order valence-electron chi connectivity index (χ3n) is 3.67. The fourth-order valence-electron chi connectivity index (χ4n) is 2.38. The molecule has 0 aliphatic heterocycles. The Kier molecular flexibility index (Phi) is 5.78. The zero-order valence-corrected chi connectivity index (χ0v) is 14.9. The highest BCUT2D eigenvalue weighted by Crippen LogP contribution is 2.17. The number of sulfonamides is 1. The lowest BCUT2D eigenvalue weighted by atomic mass is 10.1. The van der Waals surface area contributed by atoms with Crippen molar-refractivity contribution in [2.75, 3.05) is 23.7 Å². The Hall–Kier alpha value is -2.85. The van der Waals surface area contributed by atoms with Gasteiger partial charge in [0, 0.05) is 12.1 Å². The smallest absolute Gasteiger partial charge is 0.251 e. The molecule has 2 aromatic rings. The lowest BCUT2D eigenvalue weighted by molar-refractivity contribution is 0.0954. The molecule has 1 N–H and O–H groups in total. The van der Waals surface area contributed by atoms with Gasteiger partial charge in [0.25, 0.3) is 5.91 Å². The first-order valence-corrected chi connectivity index (χ1v) is 9.49. The summed E-state index contributed by atoms with van der Waals surface area (Å²) in [5, 5.41) is 11.6. The first-order chi connectivity index (χ1) is 11.8. The van der Waals surface area contributed by atoms with Gasteiger partial charge < -0.3 is 5.32 Å². The summed E-state index contributed by atoms with van der Waals surface area (Å²) in [6, 6.07) is 15.4. The number of amides is 1. The minimum Gasteiger partial charge on any atom is -0.350 e. The van der Waals surface area contributed by atoms with Gasteiger partial charge in [0.05, 0.1) is 30.1 Å². The van der Waals surface area contributed by atoms with E-state index in [1.165, 1.54) is 4.31 Å². The molecule has 0 atom stereocenters. The van der Waals surface area contributed by atoms with E-state index in [2.05, 4.69) is 5.32 Å². The number of rotatable bonds is 6. The number of hydrogen-bond acceptors (Lipinski definition) is 4. The van der Waals surface area contributed by atoms with E-state index in [0.29, 0.717) is 16.8 Å². The molecule has 0 unspecified atom stereocenters. The molecule has 25 heavy (non-hydrogen) atoms. The Bertz CT molecular complexity index is 900. The lowest BCUT2D eigenvalue weighted by Gasteiger charge is -2.22. The summed E-state index contributed by atoms with van der Waals surface area (Å²) >= 11 is 0. The van der Waals surface area contributed by atoms with Crippen molar-refractivity contribution in [3.8, 4) is 6.07 Å². The Morgan fingerprint density at radius 1 is 1.16 bits per heavy atom. The molecule has 0 heterocycles. The van der Waals surface area contributed by atoms with Gasteiger partial charge >= 0.3 is 0 Å². The van der Waals surface area contributed by atoms with E-state index in [-0.39, 0.29) is 19.0 Å². The standard InChI is InChI=1S/C18H19N3O3S/c1-14-5-3-4-6-17(14)18(22)20-11-12-21(25(2,23)24)16-9-7-15(13-19)8-10-16/h3-10H,11-12H2,1-2H3,(H,20,22). The van der Waals surface area contributed by atoms with Crippen molar-refractivity contribution in [3.05, 3.63) is 65.2 Å². The van der Waals surface area contributed by atoms with Crippen LogP contribution in [-0.4, -0.2) is 33.7 Å². The van der Waals surface area contributed by atoms with Crippen LogP contribution in [-0.2, 0) is 10.0 Å². The molecule has 0 saturated carbocycles. The molecule has 0 aliphatic rings. The Morgan fingerprint density at radius 3 is 2.36 bits per heavy atom. The van der Waals surface area contributed by atoms with Crippen molar-refractivity contribution in [1.82, 2.24) is 5.32 Å². The molecule has 0 saturated heterocycles. The quantitative estimate of drug-likeness (QED) is 0.857. The average Bonchev–Trinajstić information content (AvgIpc) is 2.58. The van der Waals surface area contributed by atoms with Crippen molar-refractivity contribution < 1.29 is 13.2 Å². The van der Waals surface area contributed by atoms with Crippen LogP contribution in [0.2, 0.25) is 0 Å². The van der Waals surface area contributed by atoms with Gasteiger partial charge in [-0.3, -0.25) is 9.10 Å². The maximum absolute atomic E-state index is 12.2. The molecule has 130 valence electrons. The summed E-state index contributed by atoms with van der Waals surface area (Å²) in [7, 11) is -3.51. The number of carbonyl (C=O) groups is 1. The number of hydrogen-bond donors (Lipinski definition) is 1. The van der Waals surface area contributed by atoms with E-state index >= 15 is 0 Å². The van der Waals surface area contributed by atoms with Crippen LogP contribution in [0.25, 0.3) is 0 Å². The van der Waals surface area contributed by atoms with E-state index < -0.39 is 10.0 Å². The highest BCUT2D eigenvalue weighted by atomic mass is 32.2. The number of aryl methyl sites for hydroxylation is 1. The summed E-state index contributed by atoms with van der Waals surface area (Å²) in [6.07, 6.45) is 1.11. The van der Waals surface area contributed by atoms with Crippen molar-refractivity contribution in [1.29, 1.82) is 5.26 Å². The third-order valence-corrected chi connectivity index (χ3v) is 4.87. The number of anilines is 1.